The number of amides is 2. The van der Waals surface area contributed by atoms with Crippen molar-refractivity contribution in [1.82, 2.24) is 10.2 Å². The normalized spacial score (nSPS) is 20.1. The van der Waals surface area contributed by atoms with Gasteiger partial charge in [0.05, 0.1) is 0 Å². The molecule has 1 aromatic carbocycles. The van der Waals surface area contributed by atoms with Crippen LogP contribution in [0.4, 0.5) is 0 Å². The average molecular weight is 411 g/mol. The first-order valence-electron chi connectivity index (χ1n) is 9.14. The van der Waals surface area contributed by atoms with E-state index >= 15 is 0 Å². The smallest absolute Gasteiger partial charge is 0.245 e. The van der Waals surface area contributed by atoms with E-state index in [1.54, 1.807) is 11.8 Å². The average Bonchev–Trinajstić information content (AvgIpc) is 2.99. The van der Waals surface area contributed by atoms with Gasteiger partial charge in [0, 0.05) is 31.0 Å². The van der Waals surface area contributed by atoms with Gasteiger partial charge in [-0.05, 0) is 42.5 Å². The third-order valence-corrected chi connectivity index (χ3v) is 6.68. The van der Waals surface area contributed by atoms with Crippen LogP contribution in [0.1, 0.15) is 30.6 Å². The van der Waals surface area contributed by atoms with Crippen LogP contribution < -0.4 is 14.8 Å². The molecule has 2 heterocycles. The Morgan fingerprint density at radius 1 is 1.33 bits per heavy atom. The van der Waals surface area contributed by atoms with Crippen molar-refractivity contribution >= 4 is 35.3 Å². The lowest BCUT2D eigenvalue weighted by Crippen LogP contribution is -2.49. The van der Waals surface area contributed by atoms with E-state index in [0.717, 1.165) is 29.4 Å². The van der Waals surface area contributed by atoms with Crippen LogP contribution in [0.15, 0.2) is 18.2 Å². The van der Waals surface area contributed by atoms with Crippen molar-refractivity contribution in [3.63, 3.8) is 0 Å². The molecule has 0 spiro atoms. The number of carbonyl (C=O) groups is 2. The molecular formula is C19H26N2O4S2. The predicted molar refractivity (Wildman–Crippen MR) is 110 cm³/mol. The molecule has 2 aliphatic heterocycles. The molecule has 0 bridgehead atoms. The second kappa shape index (κ2) is 9.59. The largest absolute Gasteiger partial charge is 0.454 e. The van der Waals surface area contributed by atoms with Crippen LogP contribution >= 0.6 is 23.5 Å². The van der Waals surface area contributed by atoms with Gasteiger partial charge in [-0.25, -0.2) is 0 Å². The van der Waals surface area contributed by atoms with Gasteiger partial charge >= 0.3 is 0 Å². The Balaban J connectivity index is 1.62. The first-order valence-corrected chi connectivity index (χ1v) is 11.6. The summed E-state index contributed by atoms with van der Waals surface area (Å²) in [5, 5.41) is 3.14. The summed E-state index contributed by atoms with van der Waals surface area (Å²) in [6.07, 6.45) is 3.55. The zero-order valence-corrected chi connectivity index (χ0v) is 17.4. The number of hydrogen-bond acceptors (Lipinski definition) is 6. The van der Waals surface area contributed by atoms with Gasteiger partial charge in [-0.2, -0.15) is 23.5 Å². The van der Waals surface area contributed by atoms with Crippen molar-refractivity contribution < 1.29 is 19.1 Å². The second-order valence-corrected chi connectivity index (χ2v) is 8.92. The molecule has 0 aliphatic carbocycles. The molecular weight excluding hydrogens is 384 g/mol. The molecule has 2 atom stereocenters. The summed E-state index contributed by atoms with van der Waals surface area (Å²) in [7, 11) is 0. The summed E-state index contributed by atoms with van der Waals surface area (Å²) in [4.78, 5) is 26.3. The van der Waals surface area contributed by atoms with Crippen molar-refractivity contribution in [2.24, 2.45) is 0 Å². The zero-order chi connectivity index (χ0) is 19.2. The molecule has 148 valence electrons. The maximum Gasteiger partial charge on any atom is 0.245 e. The number of ether oxygens (including phenoxy) is 2. The number of fused-ring (bicyclic) bond motifs is 1. The fourth-order valence-electron chi connectivity index (χ4n) is 3.33. The van der Waals surface area contributed by atoms with Crippen molar-refractivity contribution in [2.45, 2.75) is 31.1 Å². The van der Waals surface area contributed by atoms with Crippen LogP contribution in [0, 0.1) is 0 Å². The molecule has 27 heavy (non-hydrogen) atoms. The van der Waals surface area contributed by atoms with Crippen LogP contribution in [0.3, 0.4) is 0 Å². The van der Waals surface area contributed by atoms with Crippen LogP contribution in [0.25, 0.3) is 0 Å². The number of nitrogens with one attached hydrogen (secondary N) is 1. The SMILES string of the molecule is CSCCC(NC(C)=O)C(=O)N1CCSC(c2ccc3c(c2)OCO3)CC1. The van der Waals surface area contributed by atoms with Crippen LogP contribution in [0.2, 0.25) is 0 Å². The maximum atomic E-state index is 12.9. The Labute approximate surface area is 168 Å². The molecule has 0 saturated carbocycles. The molecule has 0 aromatic heterocycles. The highest BCUT2D eigenvalue weighted by Crippen LogP contribution is 2.40. The monoisotopic (exact) mass is 410 g/mol. The summed E-state index contributed by atoms with van der Waals surface area (Å²) < 4.78 is 10.9. The number of benzene rings is 1. The van der Waals surface area contributed by atoms with Crippen molar-refractivity contribution in [1.29, 1.82) is 0 Å². The second-order valence-electron chi connectivity index (χ2n) is 6.62. The van der Waals surface area contributed by atoms with E-state index in [0.29, 0.717) is 24.8 Å². The maximum absolute atomic E-state index is 12.9. The van der Waals surface area contributed by atoms with Crippen LogP contribution in [-0.4, -0.2) is 60.4 Å². The topological polar surface area (TPSA) is 67.9 Å². The van der Waals surface area contributed by atoms with Crippen LogP contribution in [0.5, 0.6) is 11.5 Å². The lowest BCUT2D eigenvalue weighted by molar-refractivity contribution is -0.135. The Hall–Kier alpha value is -1.54. The van der Waals surface area contributed by atoms with Gasteiger partial charge in [-0.15, -0.1) is 0 Å². The Morgan fingerprint density at radius 3 is 2.93 bits per heavy atom. The van der Waals surface area contributed by atoms with Gasteiger partial charge in [0.15, 0.2) is 11.5 Å². The fraction of sp³-hybridized carbons (Fsp3) is 0.579. The molecule has 6 nitrogen and oxygen atoms in total. The number of rotatable bonds is 6. The summed E-state index contributed by atoms with van der Waals surface area (Å²) in [5.41, 5.74) is 1.21. The Morgan fingerprint density at radius 2 is 2.15 bits per heavy atom. The van der Waals surface area contributed by atoms with Gasteiger partial charge in [-0.3, -0.25) is 9.59 Å². The highest BCUT2D eigenvalue weighted by atomic mass is 32.2. The lowest BCUT2D eigenvalue weighted by atomic mass is 10.1. The Bertz CT molecular complexity index is 686. The third kappa shape index (κ3) is 5.25. The van der Waals surface area contributed by atoms with Gasteiger partial charge in [-0.1, -0.05) is 6.07 Å². The molecule has 1 fully saturated rings. The minimum atomic E-state index is -0.429. The zero-order valence-electron chi connectivity index (χ0n) is 15.7. The number of nitrogens with zero attached hydrogens (tertiary/aromatic N) is 1. The summed E-state index contributed by atoms with van der Waals surface area (Å²) in [5.74, 6) is 3.19. The van der Waals surface area contributed by atoms with Gasteiger partial charge in [0.2, 0.25) is 18.6 Å². The van der Waals surface area contributed by atoms with E-state index < -0.39 is 6.04 Å². The third-order valence-electron chi connectivity index (χ3n) is 4.71. The first kappa shape index (κ1) is 20.2. The van der Waals surface area contributed by atoms with E-state index in [2.05, 4.69) is 17.4 Å². The molecule has 8 heteroatoms. The van der Waals surface area contributed by atoms with Gasteiger partial charge < -0.3 is 19.7 Å². The van der Waals surface area contributed by atoms with Crippen LogP contribution in [-0.2, 0) is 9.59 Å². The molecule has 2 aliphatic rings. The summed E-state index contributed by atoms with van der Waals surface area (Å²) in [6, 6.07) is 5.67. The van der Waals surface area contributed by atoms with Crippen molar-refractivity contribution in [2.75, 3.05) is 37.6 Å². The fourth-order valence-corrected chi connectivity index (χ4v) is 5.02. The summed E-state index contributed by atoms with van der Waals surface area (Å²) in [6.45, 7) is 3.15. The summed E-state index contributed by atoms with van der Waals surface area (Å²) >= 11 is 3.55. The van der Waals surface area contributed by atoms with E-state index in [4.69, 9.17) is 9.47 Å². The van der Waals surface area contributed by atoms with Gasteiger partial charge in [0.1, 0.15) is 6.04 Å². The minimum Gasteiger partial charge on any atom is -0.454 e. The molecule has 2 amide bonds. The molecule has 0 radical (unpaired) electrons. The van der Waals surface area contributed by atoms with E-state index in [-0.39, 0.29) is 18.6 Å². The lowest BCUT2D eigenvalue weighted by Gasteiger charge is -2.26. The predicted octanol–water partition coefficient (Wildman–Crippen LogP) is 2.68. The quantitative estimate of drug-likeness (QED) is 0.778. The van der Waals surface area contributed by atoms with E-state index in [9.17, 15) is 9.59 Å². The highest BCUT2D eigenvalue weighted by Gasteiger charge is 2.28. The van der Waals surface area contributed by atoms with Crippen molar-refractivity contribution in [3.05, 3.63) is 23.8 Å². The number of hydrogen-bond donors (Lipinski definition) is 1. The molecule has 1 aromatic rings. The molecule has 1 N–H and O–H groups in total. The molecule has 3 rings (SSSR count). The van der Waals surface area contributed by atoms with Crippen molar-refractivity contribution in [3.8, 4) is 11.5 Å². The minimum absolute atomic E-state index is 0.0335. The first-order chi connectivity index (χ1) is 13.1. The highest BCUT2D eigenvalue weighted by molar-refractivity contribution is 7.99. The van der Waals surface area contributed by atoms with E-state index in [1.807, 2.05) is 29.0 Å². The molecule has 1 saturated heterocycles. The number of thioether (sulfide) groups is 2. The standard InChI is InChI=1S/C19H26N2O4S2/c1-13(22)20-15(6-9-26-2)19(23)21-7-5-18(27-10-8-21)14-3-4-16-17(11-14)25-12-24-16/h3-4,11,15,18H,5-10,12H2,1-2H3,(H,20,22). The van der Waals surface area contributed by atoms with E-state index in [1.165, 1.54) is 12.5 Å². The number of carbonyl (C=O) groups excluding carboxylic acids is 2. The van der Waals surface area contributed by atoms with Gasteiger partial charge in [0.25, 0.3) is 0 Å². The molecule has 2 unspecified atom stereocenters. The Kier molecular flexibility index (Phi) is 7.18.